The second-order valence-electron chi connectivity index (χ2n) is 5.85. The van der Waals surface area contributed by atoms with Crippen molar-refractivity contribution in [3.05, 3.63) is 0 Å². The van der Waals surface area contributed by atoms with Crippen molar-refractivity contribution >= 4 is 0 Å². The Morgan fingerprint density at radius 1 is 1.24 bits per heavy atom. The van der Waals surface area contributed by atoms with Crippen molar-refractivity contribution in [2.75, 3.05) is 32.7 Å². The maximum atomic E-state index is 9.12. The molecule has 0 bridgehead atoms. The maximum Gasteiger partial charge on any atom is 0.103 e. The molecule has 0 N–H and O–H groups in total. The maximum absolute atomic E-state index is 9.12. The minimum Gasteiger partial charge on any atom is -0.301 e. The minimum absolute atomic E-state index is 0.304. The normalized spacial score (nSPS) is 21.1. The molecule has 0 aromatic heterocycles. The Labute approximate surface area is 106 Å². The van der Waals surface area contributed by atoms with Crippen LogP contribution in [0.2, 0.25) is 0 Å². The molecule has 17 heavy (non-hydrogen) atoms. The Hall–Kier alpha value is -0.590. The third-order valence-electron chi connectivity index (χ3n) is 3.79. The van der Waals surface area contributed by atoms with Gasteiger partial charge in [-0.05, 0) is 26.2 Å². The third kappa shape index (κ3) is 4.29. The molecule has 0 radical (unpaired) electrons. The van der Waals surface area contributed by atoms with Crippen molar-refractivity contribution in [1.29, 1.82) is 5.26 Å². The standard InChI is InChI=1S/C14H27N3/c1-5-6-13(2)11-16-7-9-17(10-8-16)14(3,4)12-15/h13H,5-11H2,1-4H3. The van der Waals surface area contributed by atoms with Crippen molar-refractivity contribution in [3.8, 4) is 6.07 Å². The summed E-state index contributed by atoms with van der Waals surface area (Å²) >= 11 is 0. The number of rotatable bonds is 5. The quantitative estimate of drug-likeness (QED) is 0.735. The van der Waals surface area contributed by atoms with Gasteiger partial charge in [0.05, 0.1) is 6.07 Å². The Morgan fingerprint density at radius 3 is 2.29 bits per heavy atom. The van der Waals surface area contributed by atoms with Crippen LogP contribution in [0.4, 0.5) is 0 Å². The zero-order valence-electron chi connectivity index (χ0n) is 11.9. The summed E-state index contributed by atoms with van der Waals surface area (Å²) in [6.45, 7) is 14.1. The molecule has 0 amide bonds. The van der Waals surface area contributed by atoms with Crippen molar-refractivity contribution in [2.24, 2.45) is 5.92 Å². The van der Waals surface area contributed by atoms with Crippen LogP contribution in [0.1, 0.15) is 40.5 Å². The van der Waals surface area contributed by atoms with Crippen molar-refractivity contribution in [3.63, 3.8) is 0 Å². The lowest BCUT2D eigenvalue weighted by atomic mass is 10.0. The average molecular weight is 237 g/mol. The monoisotopic (exact) mass is 237 g/mol. The van der Waals surface area contributed by atoms with E-state index in [1.54, 1.807) is 0 Å². The second kappa shape index (κ2) is 6.37. The van der Waals surface area contributed by atoms with E-state index in [-0.39, 0.29) is 5.54 Å². The molecular weight excluding hydrogens is 210 g/mol. The zero-order chi connectivity index (χ0) is 12.9. The lowest BCUT2D eigenvalue weighted by molar-refractivity contribution is 0.0721. The average Bonchev–Trinajstić information content (AvgIpc) is 2.30. The first-order chi connectivity index (χ1) is 7.99. The van der Waals surface area contributed by atoms with E-state index < -0.39 is 0 Å². The predicted molar refractivity (Wildman–Crippen MR) is 71.8 cm³/mol. The number of nitriles is 1. The SMILES string of the molecule is CCCC(C)CN1CCN(C(C)(C)C#N)CC1. The first kappa shape index (κ1) is 14.5. The van der Waals surface area contributed by atoms with Gasteiger partial charge in [0.25, 0.3) is 0 Å². The zero-order valence-corrected chi connectivity index (χ0v) is 11.9. The Bertz CT molecular complexity index is 259. The van der Waals surface area contributed by atoms with E-state index in [9.17, 15) is 0 Å². The lowest BCUT2D eigenvalue weighted by Crippen LogP contribution is -2.54. The van der Waals surface area contributed by atoms with Crippen molar-refractivity contribution in [1.82, 2.24) is 9.80 Å². The second-order valence-corrected chi connectivity index (χ2v) is 5.85. The van der Waals surface area contributed by atoms with E-state index in [0.717, 1.165) is 32.1 Å². The van der Waals surface area contributed by atoms with Gasteiger partial charge in [0.2, 0.25) is 0 Å². The number of nitrogens with zero attached hydrogens (tertiary/aromatic N) is 3. The van der Waals surface area contributed by atoms with E-state index in [0.29, 0.717) is 0 Å². The molecule has 3 nitrogen and oxygen atoms in total. The molecule has 1 heterocycles. The van der Waals surface area contributed by atoms with E-state index in [1.807, 2.05) is 13.8 Å². The lowest BCUT2D eigenvalue weighted by Gasteiger charge is -2.41. The van der Waals surface area contributed by atoms with E-state index in [1.165, 1.54) is 19.4 Å². The van der Waals surface area contributed by atoms with Crippen LogP contribution >= 0.6 is 0 Å². The highest BCUT2D eigenvalue weighted by Gasteiger charge is 2.29. The van der Waals surface area contributed by atoms with Gasteiger partial charge >= 0.3 is 0 Å². The van der Waals surface area contributed by atoms with Crippen LogP contribution in [0.3, 0.4) is 0 Å². The van der Waals surface area contributed by atoms with Crippen LogP contribution in [0, 0.1) is 17.2 Å². The molecule has 1 fully saturated rings. The molecule has 1 rings (SSSR count). The van der Waals surface area contributed by atoms with Gasteiger partial charge < -0.3 is 4.90 Å². The fraction of sp³-hybridized carbons (Fsp3) is 0.929. The van der Waals surface area contributed by atoms with Gasteiger partial charge in [-0.2, -0.15) is 5.26 Å². The molecule has 0 aromatic rings. The van der Waals surface area contributed by atoms with Gasteiger partial charge in [-0.25, -0.2) is 0 Å². The highest BCUT2D eigenvalue weighted by Crippen LogP contribution is 2.17. The Morgan fingerprint density at radius 2 is 1.82 bits per heavy atom. The van der Waals surface area contributed by atoms with Gasteiger partial charge in [-0.1, -0.05) is 20.3 Å². The molecular formula is C14H27N3. The van der Waals surface area contributed by atoms with E-state index >= 15 is 0 Å². The smallest absolute Gasteiger partial charge is 0.103 e. The van der Waals surface area contributed by atoms with Crippen LogP contribution in [0.25, 0.3) is 0 Å². The molecule has 1 atom stereocenters. The molecule has 1 saturated heterocycles. The summed E-state index contributed by atoms with van der Waals surface area (Å²) in [5.74, 6) is 0.801. The highest BCUT2D eigenvalue weighted by molar-refractivity contribution is 5.02. The summed E-state index contributed by atoms with van der Waals surface area (Å²) in [4.78, 5) is 4.85. The van der Waals surface area contributed by atoms with Crippen LogP contribution in [0.15, 0.2) is 0 Å². The molecule has 98 valence electrons. The van der Waals surface area contributed by atoms with Gasteiger partial charge in [-0.3, -0.25) is 4.90 Å². The number of hydrogen-bond donors (Lipinski definition) is 0. The topological polar surface area (TPSA) is 30.3 Å². The predicted octanol–water partition coefficient (Wildman–Crippen LogP) is 2.34. The Kier molecular flexibility index (Phi) is 5.42. The summed E-state index contributed by atoms with van der Waals surface area (Å²) in [6, 6.07) is 2.39. The largest absolute Gasteiger partial charge is 0.301 e. The van der Waals surface area contributed by atoms with Crippen LogP contribution in [-0.4, -0.2) is 48.1 Å². The summed E-state index contributed by atoms with van der Waals surface area (Å²) in [6.07, 6.45) is 2.60. The molecule has 0 saturated carbocycles. The Balaban J connectivity index is 2.34. The molecule has 0 spiro atoms. The van der Waals surface area contributed by atoms with Crippen LogP contribution in [0.5, 0.6) is 0 Å². The fourth-order valence-electron chi connectivity index (χ4n) is 2.59. The molecule has 1 aliphatic rings. The molecule has 1 unspecified atom stereocenters. The molecule has 3 heteroatoms. The summed E-state index contributed by atoms with van der Waals surface area (Å²) in [5.41, 5.74) is -0.304. The summed E-state index contributed by atoms with van der Waals surface area (Å²) in [7, 11) is 0. The molecule has 0 aliphatic carbocycles. The van der Waals surface area contributed by atoms with Gasteiger partial charge in [0.15, 0.2) is 0 Å². The number of hydrogen-bond acceptors (Lipinski definition) is 3. The van der Waals surface area contributed by atoms with Crippen molar-refractivity contribution in [2.45, 2.75) is 46.1 Å². The molecule has 1 aliphatic heterocycles. The first-order valence-electron chi connectivity index (χ1n) is 6.88. The first-order valence-corrected chi connectivity index (χ1v) is 6.88. The number of piperazine rings is 1. The van der Waals surface area contributed by atoms with E-state index in [2.05, 4.69) is 29.7 Å². The van der Waals surface area contributed by atoms with Gasteiger partial charge in [-0.15, -0.1) is 0 Å². The third-order valence-corrected chi connectivity index (χ3v) is 3.79. The minimum atomic E-state index is -0.304. The van der Waals surface area contributed by atoms with Gasteiger partial charge in [0, 0.05) is 32.7 Å². The fourth-order valence-corrected chi connectivity index (χ4v) is 2.59. The van der Waals surface area contributed by atoms with Gasteiger partial charge in [0.1, 0.15) is 5.54 Å². The van der Waals surface area contributed by atoms with Crippen LogP contribution < -0.4 is 0 Å². The van der Waals surface area contributed by atoms with E-state index in [4.69, 9.17) is 5.26 Å². The summed E-state index contributed by atoms with van der Waals surface area (Å²) in [5, 5.41) is 9.12. The van der Waals surface area contributed by atoms with Crippen molar-refractivity contribution < 1.29 is 0 Å². The van der Waals surface area contributed by atoms with Crippen LogP contribution in [-0.2, 0) is 0 Å². The summed E-state index contributed by atoms with van der Waals surface area (Å²) < 4.78 is 0. The highest BCUT2D eigenvalue weighted by atomic mass is 15.3. The molecule has 0 aromatic carbocycles.